The van der Waals surface area contributed by atoms with Crippen LogP contribution in [0.5, 0.6) is 5.75 Å². The molecule has 0 radical (unpaired) electrons. The van der Waals surface area contributed by atoms with Crippen LogP contribution < -0.4 is 21.1 Å². The van der Waals surface area contributed by atoms with Crippen molar-refractivity contribution in [3.8, 4) is 5.75 Å². The van der Waals surface area contributed by atoms with Gasteiger partial charge in [0.05, 0.1) is 13.0 Å². The van der Waals surface area contributed by atoms with E-state index >= 15 is 0 Å². The third kappa shape index (κ3) is 6.71. The number of H-pyrrole nitrogens is 1. The topological polar surface area (TPSA) is 131 Å². The molecule has 1 aliphatic rings. The number of aromatic nitrogens is 2. The first-order valence-electron chi connectivity index (χ1n) is 10.8. The molecule has 1 aromatic carbocycles. The van der Waals surface area contributed by atoms with Crippen LogP contribution in [0.25, 0.3) is 0 Å². The van der Waals surface area contributed by atoms with Crippen LogP contribution in [0.1, 0.15) is 49.8 Å². The Kier molecular flexibility index (Phi) is 8.28. The van der Waals surface area contributed by atoms with Crippen molar-refractivity contribution in [3.05, 3.63) is 41.6 Å². The second-order valence-corrected chi connectivity index (χ2v) is 7.67. The summed E-state index contributed by atoms with van der Waals surface area (Å²) in [5.74, 6) is 1.22. The van der Waals surface area contributed by atoms with Gasteiger partial charge in [-0.05, 0) is 31.7 Å². The Bertz CT molecular complexity index is 869. The zero-order chi connectivity index (χ0) is 22.1. The van der Waals surface area contributed by atoms with Crippen LogP contribution in [-0.4, -0.2) is 48.0 Å². The molecule has 9 nitrogen and oxygen atoms in total. The zero-order valence-electron chi connectivity index (χ0n) is 17.9. The second-order valence-electron chi connectivity index (χ2n) is 7.67. The SMILES string of the molecule is CCCOC(=O)NC1CCC(c2cc(NC(=O)Cc3ccccc3OCCN)n[nH]2)C1. The summed E-state index contributed by atoms with van der Waals surface area (Å²) in [5.41, 5.74) is 7.24. The lowest BCUT2D eigenvalue weighted by atomic mass is 10.0. The highest BCUT2D eigenvalue weighted by Gasteiger charge is 2.28. The number of nitrogens with two attached hydrogens (primary N) is 1. The van der Waals surface area contributed by atoms with E-state index in [2.05, 4.69) is 20.8 Å². The van der Waals surface area contributed by atoms with Gasteiger partial charge in [-0.1, -0.05) is 25.1 Å². The Morgan fingerprint density at radius 3 is 2.90 bits per heavy atom. The number of ether oxygens (including phenoxy) is 2. The van der Waals surface area contributed by atoms with Gasteiger partial charge in [-0.3, -0.25) is 9.89 Å². The molecule has 3 rings (SSSR count). The predicted octanol–water partition coefficient (Wildman–Crippen LogP) is 2.70. The number of hydrogen-bond acceptors (Lipinski definition) is 6. The summed E-state index contributed by atoms with van der Waals surface area (Å²) >= 11 is 0. The van der Waals surface area contributed by atoms with Crippen LogP contribution in [-0.2, 0) is 16.0 Å². The highest BCUT2D eigenvalue weighted by atomic mass is 16.5. The standard InChI is InChI=1S/C22H31N5O4/c1-2-10-31-22(29)24-17-8-7-15(12-17)18-14-20(27-26-18)25-21(28)13-16-5-3-4-6-19(16)30-11-9-23/h3-6,14-15,17H,2,7-13,23H2,1H3,(H,24,29)(H2,25,26,27,28). The van der Waals surface area contributed by atoms with E-state index in [1.54, 1.807) is 0 Å². The number of carbonyl (C=O) groups is 2. The third-order valence-electron chi connectivity index (χ3n) is 5.20. The summed E-state index contributed by atoms with van der Waals surface area (Å²) in [7, 11) is 0. The molecule has 1 aliphatic carbocycles. The van der Waals surface area contributed by atoms with E-state index in [1.807, 2.05) is 37.3 Å². The Labute approximate surface area is 182 Å². The lowest BCUT2D eigenvalue weighted by Crippen LogP contribution is -2.33. The monoisotopic (exact) mass is 429 g/mol. The van der Waals surface area contributed by atoms with Crippen molar-refractivity contribution >= 4 is 17.8 Å². The zero-order valence-corrected chi connectivity index (χ0v) is 17.9. The predicted molar refractivity (Wildman–Crippen MR) is 117 cm³/mol. The number of nitrogens with zero attached hydrogens (tertiary/aromatic N) is 1. The fourth-order valence-corrected chi connectivity index (χ4v) is 3.73. The van der Waals surface area contributed by atoms with E-state index in [4.69, 9.17) is 15.2 Å². The molecular formula is C22H31N5O4. The Morgan fingerprint density at radius 2 is 2.10 bits per heavy atom. The van der Waals surface area contributed by atoms with E-state index < -0.39 is 0 Å². The Morgan fingerprint density at radius 1 is 1.26 bits per heavy atom. The fourth-order valence-electron chi connectivity index (χ4n) is 3.73. The van der Waals surface area contributed by atoms with Gasteiger partial charge in [-0.2, -0.15) is 5.10 Å². The van der Waals surface area contributed by atoms with Crippen molar-refractivity contribution in [2.45, 2.75) is 51.0 Å². The highest BCUT2D eigenvalue weighted by Crippen LogP contribution is 2.34. The molecule has 0 bridgehead atoms. The summed E-state index contributed by atoms with van der Waals surface area (Å²) < 4.78 is 10.7. The normalized spacial score (nSPS) is 17.9. The average Bonchev–Trinajstić information content (AvgIpc) is 3.41. The number of hydrogen-bond donors (Lipinski definition) is 4. The van der Waals surface area contributed by atoms with Gasteiger partial charge >= 0.3 is 6.09 Å². The minimum absolute atomic E-state index is 0.0840. The van der Waals surface area contributed by atoms with Crippen molar-refractivity contribution < 1.29 is 19.1 Å². The van der Waals surface area contributed by atoms with Crippen molar-refractivity contribution in [1.82, 2.24) is 15.5 Å². The number of aromatic amines is 1. The molecule has 2 unspecified atom stereocenters. The first-order valence-corrected chi connectivity index (χ1v) is 10.8. The molecule has 1 saturated carbocycles. The molecule has 5 N–H and O–H groups in total. The van der Waals surface area contributed by atoms with Crippen LogP contribution in [0.15, 0.2) is 30.3 Å². The molecular weight excluding hydrogens is 398 g/mol. The minimum Gasteiger partial charge on any atom is -0.492 e. The number of nitrogens with one attached hydrogen (secondary N) is 3. The minimum atomic E-state index is -0.360. The molecule has 0 spiro atoms. The lowest BCUT2D eigenvalue weighted by Gasteiger charge is -2.12. The van der Waals surface area contributed by atoms with Gasteiger partial charge in [-0.15, -0.1) is 0 Å². The largest absolute Gasteiger partial charge is 0.492 e. The summed E-state index contributed by atoms with van der Waals surface area (Å²) in [6.45, 7) is 3.19. The van der Waals surface area contributed by atoms with Crippen LogP contribution in [0.2, 0.25) is 0 Å². The molecule has 9 heteroatoms. The van der Waals surface area contributed by atoms with E-state index in [1.165, 1.54) is 0 Å². The Balaban J connectivity index is 1.50. The van der Waals surface area contributed by atoms with Gasteiger partial charge in [0.2, 0.25) is 5.91 Å². The first kappa shape index (κ1) is 22.6. The van der Waals surface area contributed by atoms with Gasteiger partial charge in [0.1, 0.15) is 12.4 Å². The van der Waals surface area contributed by atoms with Gasteiger partial charge < -0.3 is 25.8 Å². The first-order chi connectivity index (χ1) is 15.1. The quantitative estimate of drug-likeness (QED) is 0.459. The third-order valence-corrected chi connectivity index (χ3v) is 5.20. The van der Waals surface area contributed by atoms with E-state index in [-0.39, 0.29) is 30.4 Å². The fraction of sp³-hybridized carbons (Fsp3) is 0.500. The maximum absolute atomic E-state index is 12.5. The van der Waals surface area contributed by atoms with E-state index in [9.17, 15) is 9.59 Å². The molecule has 1 heterocycles. The molecule has 0 aliphatic heterocycles. The smallest absolute Gasteiger partial charge is 0.407 e. The lowest BCUT2D eigenvalue weighted by molar-refractivity contribution is -0.115. The molecule has 31 heavy (non-hydrogen) atoms. The molecule has 168 valence electrons. The molecule has 0 saturated heterocycles. The number of benzene rings is 1. The van der Waals surface area contributed by atoms with Crippen molar-refractivity contribution in [2.75, 3.05) is 25.1 Å². The number of anilines is 1. The van der Waals surface area contributed by atoms with Gasteiger partial charge in [0.15, 0.2) is 5.82 Å². The molecule has 2 amide bonds. The molecule has 2 aromatic rings. The average molecular weight is 430 g/mol. The summed E-state index contributed by atoms with van der Waals surface area (Å²) in [5, 5.41) is 13.0. The van der Waals surface area contributed by atoms with E-state index in [0.717, 1.165) is 36.9 Å². The van der Waals surface area contributed by atoms with Crippen molar-refractivity contribution in [1.29, 1.82) is 0 Å². The number of alkyl carbamates (subject to hydrolysis) is 1. The molecule has 2 atom stereocenters. The maximum atomic E-state index is 12.5. The van der Waals surface area contributed by atoms with Gasteiger partial charge in [0.25, 0.3) is 0 Å². The second kappa shape index (κ2) is 11.4. The summed E-state index contributed by atoms with van der Waals surface area (Å²) in [6, 6.07) is 9.36. The summed E-state index contributed by atoms with van der Waals surface area (Å²) in [4.78, 5) is 24.2. The van der Waals surface area contributed by atoms with Crippen LogP contribution in [0, 0.1) is 0 Å². The number of para-hydroxylation sites is 1. The van der Waals surface area contributed by atoms with Crippen molar-refractivity contribution in [2.24, 2.45) is 5.73 Å². The van der Waals surface area contributed by atoms with Gasteiger partial charge in [0, 0.05) is 35.8 Å². The Hall–Kier alpha value is -3.07. The van der Waals surface area contributed by atoms with Crippen LogP contribution in [0.3, 0.4) is 0 Å². The van der Waals surface area contributed by atoms with Gasteiger partial charge in [-0.25, -0.2) is 4.79 Å². The van der Waals surface area contributed by atoms with Crippen molar-refractivity contribution in [3.63, 3.8) is 0 Å². The van der Waals surface area contributed by atoms with Crippen LogP contribution in [0.4, 0.5) is 10.6 Å². The number of carbonyl (C=O) groups excluding carboxylic acids is 2. The highest BCUT2D eigenvalue weighted by molar-refractivity contribution is 5.91. The maximum Gasteiger partial charge on any atom is 0.407 e. The van der Waals surface area contributed by atoms with Crippen LogP contribution >= 0.6 is 0 Å². The number of rotatable bonds is 10. The molecule has 1 fully saturated rings. The van der Waals surface area contributed by atoms with E-state index in [0.29, 0.717) is 31.3 Å². The number of amides is 2. The summed E-state index contributed by atoms with van der Waals surface area (Å²) in [6.07, 6.45) is 3.24. The molecule has 1 aromatic heterocycles.